The van der Waals surface area contributed by atoms with Gasteiger partial charge in [-0.05, 0) is 24.6 Å². The Kier molecular flexibility index (Phi) is 2.02. The Bertz CT molecular complexity index is 331. The molecule has 1 fully saturated rings. The highest BCUT2D eigenvalue weighted by atomic mass is 16.1. The number of amides is 1. The second kappa shape index (κ2) is 3.18. The fraction of sp³-hybridized carbons (Fsp3) is 0.300. The van der Waals surface area contributed by atoms with Crippen LogP contribution < -0.4 is 11.1 Å². The van der Waals surface area contributed by atoms with Crippen molar-refractivity contribution in [2.24, 2.45) is 5.73 Å². The van der Waals surface area contributed by atoms with Gasteiger partial charge in [-0.1, -0.05) is 18.2 Å². The van der Waals surface area contributed by atoms with Crippen LogP contribution >= 0.6 is 0 Å². The van der Waals surface area contributed by atoms with Gasteiger partial charge in [-0.25, -0.2) is 0 Å². The molecule has 1 aliphatic rings. The first kappa shape index (κ1) is 8.26. The summed E-state index contributed by atoms with van der Waals surface area (Å²) in [6.07, 6.45) is 1.09. The summed E-state index contributed by atoms with van der Waals surface area (Å²) in [5, 5.41) is 3.25. The minimum atomic E-state index is -0.343. The third-order valence-corrected chi connectivity index (χ3v) is 2.43. The highest BCUT2D eigenvalue weighted by Gasteiger charge is 2.22. The topological polar surface area (TPSA) is 55.1 Å². The Labute approximate surface area is 76.9 Å². The van der Waals surface area contributed by atoms with Crippen molar-refractivity contribution in [3.05, 3.63) is 35.4 Å². The molecule has 1 heterocycles. The van der Waals surface area contributed by atoms with Gasteiger partial charge in [0.05, 0.1) is 0 Å². The molecule has 1 saturated heterocycles. The molecule has 1 aromatic carbocycles. The highest BCUT2D eigenvalue weighted by molar-refractivity contribution is 5.94. The van der Waals surface area contributed by atoms with Crippen molar-refractivity contribution in [2.45, 2.75) is 12.5 Å². The SMILES string of the molecule is NC(=O)c1ccccc1[C@H]1CCN1. The van der Waals surface area contributed by atoms with Crippen molar-refractivity contribution in [3.63, 3.8) is 0 Å². The lowest BCUT2D eigenvalue weighted by Crippen LogP contribution is -2.36. The Hall–Kier alpha value is -1.35. The number of primary amides is 1. The molecule has 2 rings (SSSR count). The predicted molar refractivity (Wildman–Crippen MR) is 50.3 cm³/mol. The number of rotatable bonds is 2. The van der Waals surface area contributed by atoms with Crippen molar-refractivity contribution < 1.29 is 4.79 Å². The molecule has 3 nitrogen and oxygen atoms in total. The van der Waals surface area contributed by atoms with Gasteiger partial charge in [0.15, 0.2) is 0 Å². The van der Waals surface area contributed by atoms with Gasteiger partial charge in [0.1, 0.15) is 0 Å². The van der Waals surface area contributed by atoms with Crippen molar-refractivity contribution in [1.29, 1.82) is 0 Å². The average Bonchev–Trinajstić information content (AvgIpc) is 2.02. The van der Waals surface area contributed by atoms with Crippen LogP contribution in [0, 0.1) is 0 Å². The Morgan fingerprint density at radius 2 is 2.15 bits per heavy atom. The minimum Gasteiger partial charge on any atom is -0.366 e. The van der Waals surface area contributed by atoms with Gasteiger partial charge < -0.3 is 11.1 Å². The summed E-state index contributed by atoms with van der Waals surface area (Å²) in [5.74, 6) is -0.343. The van der Waals surface area contributed by atoms with Crippen molar-refractivity contribution in [2.75, 3.05) is 6.54 Å². The Morgan fingerprint density at radius 3 is 2.69 bits per heavy atom. The van der Waals surface area contributed by atoms with E-state index in [1.54, 1.807) is 6.07 Å². The quantitative estimate of drug-likeness (QED) is 0.701. The maximum absolute atomic E-state index is 11.1. The van der Waals surface area contributed by atoms with E-state index in [9.17, 15) is 4.79 Å². The van der Waals surface area contributed by atoms with E-state index in [0.717, 1.165) is 18.5 Å². The lowest BCUT2D eigenvalue weighted by Gasteiger charge is -2.29. The monoisotopic (exact) mass is 176 g/mol. The molecule has 1 amide bonds. The Balaban J connectivity index is 2.36. The number of hydrogen-bond acceptors (Lipinski definition) is 2. The predicted octanol–water partition coefficient (Wildman–Crippen LogP) is 0.820. The van der Waals surface area contributed by atoms with Gasteiger partial charge in [-0.15, -0.1) is 0 Å². The molecule has 1 aliphatic heterocycles. The second-order valence-corrected chi connectivity index (χ2v) is 3.25. The van der Waals surface area contributed by atoms with Crippen LogP contribution in [0.5, 0.6) is 0 Å². The molecule has 1 atom stereocenters. The van der Waals surface area contributed by atoms with E-state index >= 15 is 0 Å². The fourth-order valence-electron chi connectivity index (χ4n) is 1.58. The van der Waals surface area contributed by atoms with Crippen LogP contribution in [-0.4, -0.2) is 12.5 Å². The van der Waals surface area contributed by atoms with Crippen LogP contribution in [0.1, 0.15) is 28.4 Å². The lowest BCUT2D eigenvalue weighted by atomic mass is 9.93. The van der Waals surface area contributed by atoms with Crippen molar-refractivity contribution >= 4 is 5.91 Å². The van der Waals surface area contributed by atoms with Gasteiger partial charge in [-0.3, -0.25) is 4.79 Å². The van der Waals surface area contributed by atoms with Crippen molar-refractivity contribution in [3.8, 4) is 0 Å². The minimum absolute atomic E-state index is 0.323. The van der Waals surface area contributed by atoms with Crippen LogP contribution in [0.4, 0.5) is 0 Å². The molecule has 0 bridgehead atoms. The van der Waals surface area contributed by atoms with Crippen LogP contribution in [0.2, 0.25) is 0 Å². The smallest absolute Gasteiger partial charge is 0.249 e. The summed E-state index contributed by atoms with van der Waals surface area (Å²) in [7, 11) is 0. The summed E-state index contributed by atoms with van der Waals surface area (Å²) in [4.78, 5) is 11.1. The number of hydrogen-bond donors (Lipinski definition) is 2. The van der Waals surface area contributed by atoms with Gasteiger partial charge >= 0.3 is 0 Å². The molecule has 68 valence electrons. The molecule has 13 heavy (non-hydrogen) atoms. The average molecular weight is 176 g/mol. The summed E-state index contributed by atoms with van der Waals surface area (Å²) in [6, 6.07) is 7.82. The fourth-order valence-corrected chi connectivity index (χ4v) is 1.58. The molecule has 0 unspecified atom stereocenters. The van der Waals surface area contributed by atoms with E-state index in [4.69, 9.17) is 5.73 Å². The zero-order valence-electron chi connectivity index (χ0n) is 7.29. The van der Waals surface area contributed by atoms with E-state index < -0.39 is 0 Å². The zero-order chi connectivity index (χ0) is 9.26. The summed E-state index contributed by atoms with van der Waals surface area (Å²) in [6.45, 7) is 1.03. The molecular weight excluding hydrogens is 164 g/mol. The van der Waals surface area contributed by atoms with Gasteiger partial charge in [-0.2, -0.15) is 0 Å². The molecule has 3 N–H and O–H groups in total. The van der Waals surface area contributed by atoms with Crippen LogP contribution in [0.25, 0.3) is 0 Å². The van der Waals surface area contributed by atoms with Gasteiger partial charge in [0.25, 0.3) is 0 Å². The molecule has 0 aromatic heterocycles. The number of nitrogens with one attached hydrogen (secondary N) is 1. The maximum Gasteiger partial charge on any atom is 0.249 e. The highest BCUT2D eigenvalue weighted by Crippen LogP contribution is 2.25. The third kappa shape index (κ3) is 1.42. The summed E-state index contributed by atoms with van der Waals surface area (Å²) < 4.78 is 0. The first-order valence-electron chi connectivity index (χ1n) is 4.41. The molecule has 0 saturated carbocycles. The van der Waals surface area contributed by atoms with E-state index in [1.165, 1.54) is 0 Å². The first-order chi connectivity index (χ1) is 6.29. The summed E-state index contributed by atoms with van der Waals surface area (Å²) >= 11 is 0. The maximum atomic E-state index is 11.1. The van der Waals surface area contributed by atoms with E-state index in [2.05, 4.69) is 5.32 Å². The Morgan fingerprint density at radius 1 is 1.46 bits per heavy atom. The van der Waals surface area contributed by atoms with Crippen molar-refractivity contribution in [1.82, 2.24) is 5.32 Å². The number of carbonyl (C=O) groups is 1. The van der Waals surface area contributed by atoms with Crippen LogP contribution in [0.3, 0.4) is 0 Å². The zero-order valence-corrected chi connectivity index (χ0v) is 7.29. The normalized spacial score (nSPS) is 20.8. The molecule has 0 radical (unpaired) electrons. The van der Waals surface area contributed by atoms with Gasteiger partial charge in [0.2, 0.25) is 5.91 Å². The number of benzene rings is 1. The largest absolute Gasteiger partial charge is 0.366 e. The number of nitrogens with two attached hydrogens (primary N) is 1. The second-order valence-electron chi connectivity index (χ2n) is 3.25. The first-order valence-corrected chi connectivity index (χ1v) is 4.41. The van der Waals surface area contributed by atoms with Gasteiger partial charge in [0, 0.05) is 11.6 Å². The molecule has 3 heteroatoms. The van der Waals surface area contributed by atoms with E-state index in [0.29, 0.717) is 11.6 Å². The standard InChI is InChI=1S/C10H12N2O/c11-10(13)8-4-2-1-3-7(8)9-5-6-12-9/h1-4,9,12H,5-6H2,(H2,11,13)/t9-/m1/s1. The molecular formula is C10H12N2O. The van der Waals surface area contributed by atoms with Crippen LogP contribution in [0.15, 0.2) is 24.3 Å². The molecule has 0 spiro atoms. The molecule has 0 aliphatic carbocycles. The third-order valence-electron chi connectivity index (χ3n) is 2.43. The van der Waals surface area contributed by atoms with E-state index in [-0.39, 0.29) is 5.91 Å². The van der Waals surface area contributed by atoms with E-state index in [1.807, 2.05) is 18.2 Å². The molecule has 1 aromatic rings. The van der Waals surface area contributed by atoms with Crippen LogP contribution in [-0.2, 0) is 0 Å². The summed E-state index contributed by atoms with van der Waals surface area (Å²) in [5.41, 5.74) is 6.93. The number of carbonyl (C=O) groups excluding carboxylic acids is 1. The lowest BCUT2D eigenvalue weighted by molar-refractivity contribution is 0.0998.